The predicted octanol–water partition coefficient (Wildman–Crippen LogP) is 28.9. The Morgan fingerprint density at radius 2 is 0.580 bits per heavy atom. The monoisotopic (exact) mass is 2100 g/mol. The Hall–Kier alpha value is -6.09. The van der Waals surface area contributed by atoms with Crippen LogP contribution in [0.3, 0.4) is 0 Å². The van der Waals surface area contributed by atoms with Crippen LogP contribution in [0, 0.1) is 17.8 Å². The molecule has 6 saturated heterocycles. The van der Waals surface area contributed by atoms with E-state index in [9.17, 15) is 17.6 Å². The summed E-state index contributed by atoms with van der Waals surface area (Å²) in [7, 11) is 1.76. The molecule has 0 radical (unpaired) electrons. The normalized spacial score (nSPS) is 21.1. The molecule has 0 bridgehead atoms. The average molecular weight is 2100 g/mol. The lowest BCUT2D eigenvalue weighted by molar-refractivity contribution is -0.111. The quantitative estimate of drug-likeness (QED) is 0.0704. The van der Waals surface area contributed by atoms with Crippen LogP contribution in [0.5, 0.6) is 0 Å². The zero-order valence-corrected chi connectivity index (χ0v) is 105. The topological polar surface area (TPSA) is 159 Å². The summed E-state index contributed by atoms with van der Waals surface area (Å²) < 4.78 is 81.9. The molecule has 858 valence electrons. The van der Waals surface area contributed by atoms with Crippen molar-refractivity contribution in [2.24, 2.45) is 17.8 Å². The van der Waals surface area contributed by atoms with Gasteiger partial charge >= 0.3 is 0 Å². The van der Waals surface area contributed by atoms with Gasteiger partial charge in [0.15, 0.2) is 0 Å². The van der Waals surface area contributed by atoms with E-state index < -0.39 is 17.8 Å². The molecule has 0 N–H and O–H groups in total. The van der Waals surface area contributed by atoms with E-state index in [-0.39, 0.29) is 95.0 Å². The SMILES string of the molecule is CC(C)(C)c1cc(C(C)(C)C)n(C2CCCCC2)n1.CC(C)(C)c1cc(C(C)(C)C)n(CC2COCCO2)n1.CC(F)(F)CN1CCC(Cn2nc(C(C)(C)C)cc2C(C)(C)C)C1.CCCN1CCC(Cn2nc(C(C)(C)C)cc2C(C)(C)C)C1.CCCN1CCC(n2nc(C(C)(C)C)cc2C(C)(C)C)C1.CCCN1CCC(n2nc(C(C)(C)C)cc2C(C)(C)C)C1.CN1CCC(Cn2nc(C(C)(C)C)cc2C(C)(C)C)C(F)(F)C1. The van der Waals surface area contributed by atoms with Crippen molar-refractivity contribution in [1.82, 2.24) is 93.0 Å². The fourth-order valence-electron chi connectivity index (χ4n) is 21.4. The Balaban J connectivity index is 0.000000213. The summed E-state index contributed by atoms with van der Waals surface area (Å²) in [5.41, 5.74) is 18.3. The van der Waals surface area contributed by atoms with E-state index in [0.29, 0.717) is 56.8 Å². The van der Waals surface area contributed by atoms with Gasteiger partial charge in [0.1, 0.15) is 6.10 Å². The van der Waals surface area contributed by atoms with Gasteiger partial charge in [0.2, 0.25) is 0 Å². The number of halogens is 4. The summed E-state index contributed by atoms with van der Waals surface area (Å²) in [5, 5.41) is 34.4. The molecule has 6 unspecified atom stereocenters. The van der Waals surface area contributed by atoms with Crippen LogP contribution >= 0.6 is 0 Å². The Morgan fingerprint density at radius 3 is 0.873 bits per heavy atom. The molecule has 6 aliphatic heterocycles. The minimum absolute atomic E-state index is 0.0111. The number of hydrogen-bond acceptors (Lipinski definition) is 14. The van der Waals surface area contributed by atoms with Gasteiger partial charge in [-0.1, -0.05) is 331 Å². The highest BCUT2D eigenvalue weighted by molar-refractivity contribution is 5.30. The lowest BCUT2D eigenvalue weighted by atomic mass is 9.87. The average Bonchev–Trinajstić information content (AvgIpc) is 1.62. The number of ether oxygens (including phenoxy) is 2. The van der Waals surface area contributed by atoms with Crippen molar-refractivity contribution in [2.75, 3.05) is 118 Å². The minimum atomic E-state index is -2.66. The fraction of sp³-hybridized carbons (Fsp3) is 0.832. The van der Waals surface area contributed by atoms with Crippen LogP contribution in [0.2, 0.25) is 0 Å². The molecule has 7 aromatic rings. The minimum Gasteiger partial charge on any atom is -0.376 e. The Morgan fingerprint density at radius 1 is 0.300 bits per heavy atom. The summed E-state index contributed by atoms with van der Waals surface area (Å²) in [6, 6.07) is 17.6. The summed E-state index contributed by atoms with van der Waals surface area (Å²) >= 11 is 0. The van der Waals surface area contributed by atoms with E-state index >= 15 is 0 Å². The van der Waals surface area contributed by atoms with E-state index in [4.69, 9.17) is 45.2 Å². The van der Waals surface area contributed by atoms with Crippen molar-refractivity contribution in [3.8, 4) is 0 Å². The van der Waals surface area contributed by atoms with Crippen molar-refractivity contribution in [3.05, 3.63) is 122 Å². The van der Waals surface area contributed by atoms with Crippen molar-refractivity contribution in [1.29, 1.82) is 0 Å². The Kier molecular flexibility index (Phi) is 43.4. The van der Waals surface area contributed by atoms with E-state index in [2.05, 4.69) is 397 Å². The molecule has 150 heavy (non-hydrogen) atoms. The molecule has 7 aliphatic rings. The Labute approximate surface area is 913 Å². The van der Waals surface area contributed by atoms with E-state index in [0.717, 1.165) is 94.4 Å². The van der Waals surface area contributed by atoms with E-state index in [1.54, 1.807) is 11.9 Å². The molecule has 13 heterocycles. The third-order valence-electron chi connectivity index (χ3n) is 30.5. The van der Waals surface area contributed by atoms with Crippen LogP contribution in [-0.4, -0.2) is 229 Å². The maximum Gasteiger partial charge on any atom is 0.265 e. The fourth-order valence-corrected chi connectivity index (χ4v) is 21.4. The van der Waals surface area contributed by atoms with Crippen LogP contribution in [0.15, 0.2) is 42.5 Å². The zero-order chi connectivity index (χ0) is 113. The van der Waals surface area contributed by atoms with Gasteiger partial charge < -0.3 is 29.1 Å². The van der Waals surface area contributed by atoms with Gasteiger partial charge in [-0.05, 0) is 165 Å². The Bertz CT molecular complexity index is 5150. The maximum absolute atomic E-state index is 14.4. The van der Waals surface area contributed by atoms with Crippen molar-refractivity contribution < 1.29 is 27.0 Å². The van der Waals surface area contributed by atoms with Crippen molar-refractivity contribution in [3.63, 3.8) is 0 Å². The highest BCUT2D eigenvalue weighted by atomic mass is 19.3. The number of piperidine rings is 1. The lowest BCUT2D eigenvalue weighted by Crippen LogP contribution is -2.48. The van der Waals surface area contributed by atoms with Crippen LogP contribution in [0.1, 0.15) is 500 Å². The second-order valence-electron chi connectivity index (χ2n) is 60.7. The first-order valence-corrected chi connectivity index (χ1v) is 58.5. The summed E-state index contributed by atoms with van der Waals surface area (Å²) in [5.74, 6) is -4.78. The van der Waals surface area contributed by atoms with Crippen LogP contribution in [-0.2, 0) is 111 Å². The van der Waals surface area contributed by atoms with Crippen LogP contribution < -0.4 is 0 Å². The molecule has 6 atom stereocenters. The molecule has 0 spiro atoms. The van der Waals surface area contributed by atoms with Gasteiger partial charge in [0.05, 0.1) is 97.4 Å². The van der Waals surface area contributed by atoms with Gasteiger partial charge in [-0.15, -0.1) is 0 Å². The molecule has 21 nitrogen and oxygen atoms in total. The number of rotatable bonds is 19. The summed E-state index contributed by atoms with van der Waals surface area (Å²) in [6.45, 7) is 119. The van der Waals surface area contributed by atoms with Crippen LogP contribution in [0.25, 0.3) is 0 Å². The molecular weight excluding hydrogens is 1880 g/mol. The number of alkyl halides is 4. The van der Waals surface area contributed by atoms with Crippen molar-refractivity contribution >= 4 is 0 Å². The second kappa shape index (κ2) is 50.4. The van der Waals surface area contributed by atoms with E-state index in [1.807, 2.05) is 9.58 Å². The predicted molar refractivity (Wildman–Crippen MR) is 621 cm³/mol. The standard InChI is InChI=1S/C19H33F2N3.C19H35N3.C18H31F2N3.2C18H33N3.C17H30N2.C16H28N2O2/c1-17(2,3)15-10-16(18(4,5)6)24(22-15)12-14-8-9-23(11-14)13-19(7,20)21;1-8-10-21-11-9-15(13-21)14-22-17(19(5,6)7)12-16(20-22)18(2,3)4;1-16(2,3)14-10-15(17(4,5)6)23(21-14)11-13-8-9-22(7)12-18(13,19)20;2*1-8-10-20-11-9-14(13-20)21-16(18(5,6)7)12-15(19-21)17(2,3)4;1-16(2,3)14-12-15(17(4,5)6)19(18-14)13-10-8-7-9-11-13;1-15(2,3)13-9-14(16(4,5)6)18(17-13)10-12-11-19-7-8-20-12/h10,14H,8-9,11-13H2,1-7H3;12,15H,8-11,13-14H2,1-7H3;10,13H,8-9,11-12H2,1-7H3;2*12,14H,8-11,13H2,1-7H3;12-13H,7-11H2,1-6H3;9,12H,7-8,10-11H2,1-6H3. The first kappa shape index (κ1) is 129. The largest absolute Gasteiger partial charge is 0.376 e. The molecule has 14 rings (SSSR count). The number of nitrogens with zero attached hydrogens (tertiary/aromatic N) is 19. The number of hydrogen-bond donors (Lipinski definition) is 0. The van der Waals surface area contributed by atoms with Crippen LogP contribution in [0.4, 0.5) is 17.6 Å². The smallest absolute Gasteiger partial charge is 0.265 e. The van der Waals surface area contributed by atoms with Gasteiger partial charge in [-0.3, -0.25) is 37.7 Å². The van der Waals surface area contributed by atoms with E-state index in [1.165, 1.54) is 173 Å². The number of likely N-dealkylation sites (tertiary alicyclic amines) is 5. The zero-order valence-electron chi connectivity index (χ0n) is 105. The molecule has 1 saturated carbocycles. The molecule has 7 aromatic heterocycles. The van der Waals surface area contributed by atoms with Gasteiger partial charge in [-0.2, -0.15) is 35.7 Å². The third kappa shape index (κ3) is 38.1. The van der Waals surface area contributed by atoms with Crippen molar-refractivity contribution in [2.45, 2.75) is 540 Å². The molecule has 7 fully saturated rings. The molecule has 1 aliphatic carbocycles. The van der Waals surface area contributed by atoms with Gasteiger partial charge in [0.25, 0.3) is 11.8 Å². The second-order valence-corrected chi connectivity index (χ2v) is 60.7. The molecule has 0 aromatic carbocycles. The first-order chi connectivity index (χ1) is 68.3. The molecule has 0 amide bonds. The molecular formula is C125H223F4N19O2. The highest BCUT2D eigenvalue weighted by Crippen LogP contribution is 2.43. The lowest BCUT2D eigenvalue weighted by Gasteiger charge is -2.37. The third-order valence-corrected chi connectivity index (χ3v) is 30.5. The van der Waals surface area contributed by atoms with Gasteiger partial charge in [-0.25, -0.2) is 17.6 Å². The summed E-state index contributed by atoms with van der Waals surface area (Å²) in [4.78, 5) is 11.4. The van der Waals surface area contributed by atoms with Gasteiger partial charge in [0, 0.05) is 187 Å². The maximum atomic E-state index is 14.4. The first-order valence-electron chi connectivity index (χ1n) is 58.5. The summed E-state index contributed by atoms with van der Waals surface area (Å²) in [6.07, 6.45) is 15.8. The highest BCUT2D eigenvalue weighted by Gasteiger charge is 2.46. The molecule has 25 heteroatoms. The number of aromatic nitrogens is 14.